The maximum absolute atomic E-state index is 11.9. The van der Waals surface area contributed by atoms with Crippen molar-refractivity contribution in [3.8, 4) is 11.8 Å². The highest BCUT2D eigenvalue weighted by molar-refractivity contribution is 5.91. The number of furan rings is 1. The van der Waals surface area contributed by atoms with Crippen molar-refractivity contribution in [1.82, 2.24) is 5.32 Å². The second kappa shape index (κ2) is 6.79. The summed E-state index contributed by atoms with van der Waals surface area (Å²) in [7, 11) is 0. The van der Waals surface area contributed by atoms with E-state index < -0.39 is 5.60 Å². The number of nitrogens with one attached hydrogen (secondary N) is 1. The van der Waals surface area contributed by atoms with Gasteiger partial charge >= 0.3 is 0 Å². The minimum absolute atomic E-state index is 0.234. The molecule has 0 bridgehead atoms. The SMILES string of the molecule is CC(C)(O)C#Cc1ccc(C(=O)NCCC2CCOC2)o1. The number of aliphatic hydroxyl groups is 1. The van der Waals surface area contributed by atoms with Crippen LogP contribution in [-0.2, 0) is 4.74 Å². The highest BCUT2D eigenvalue weighted by Crippen LogP contribution is 2.15. The second-order valence-corrected chi connectivity index (χ2v) is 5.75. The van der Waals surface area contributed by atoms with Crippen molar-refractivity contribution >= 4 is 5.91 Å². The van der Waals surface area contributed by atoms with Crippen molar-refractivity contribution in [2.24, 2.45) is 5.92 Å². The molecule has 1 amide bonds. The molecule has 1 aromatic rings. The molecule has 5 heteroatoms. The van der Waals surface area contributed by atoms with Gasteiger partial charge in [-0.15, -0.1) is 0 Å². The molecule has 21 heavy (non-hydrogen) atoms. The van der Waals surface area contributed by atoms with Crippen LogP contribution in [0.1, 0.15) is 43.0 Å². The van der Waals surface area contributed by atoms with Gasteiger partial charge in [0.2, 0.25) is 0 Å². The Morgan fingerprint density at radius 3 is 3.00 bits per heavy atom. The maximum atomic E-state index is 11.9. The summed E-state index contributed by atoms with van der Waals surface area (Å²) in [6.07, 6.45) is 1.98. The number of hydrogen-bond acceptors (Lipinski definition) is 4. The zero-order valence-electron chi connectivity index (χ0n) is 12.4. The van der Waals surface area contributed by atoms with E-state index >= 15 is 0 Å². The summed E-state index contributed by atoms with van der Waals surface area (Å²) in [6.45, 7) is 5.39. The highest BCUT2D eigenvalue weighted by atomic mass is 16.5. The van der Waals surface area contributed by atoms with Crippen molar-refractivity contribution in [3.63, 3.8) is 0 Å². The van der Waals surface area contributed by atoms with Gasteiger partial charge in [0, 0.05) is 19.8 Å². The Bertz CT molecular complexity index is 539. The topological polar surface area (TPSA) is 71.7 Å². The first-order valence-corrected chi connectivity index (χ1v) is 7.15. The van der Waals surface area contributed by atoms with E-state index in [1.54, 1.807) is 26.0 Å². The van der Waals surface area contributed by atoms with Gasteiger partial charge in [-0.1, -0.05) is 5.92 Å². The van der Waals surface area contributed by atoms with Crippen molar-refractivity contribution in [2.75, 3.05) is 19.8 Å². The Hall–Kier alpha value is -1.77. The number of rotatable bonds is 4. The molecule has 5 nitrogen and oxygen atoms in total. The van der Waals surface area contributed by atoms with E-state index in [-0.39, 0.29) is 11.7 Å². The largest absolute Gasteiger partial charge is 0.443 e. The minimum atomic E-state index is -1.08. The predicted octanol–water partition coefficient (Wildman–Crippen LogP) is 1.56. The lowest BCUT2D eigenvalue weighted by molar-refractivity contribution is 0.0922. The molecule has 0 radical (unpaired) electrons. The molecule has 1 unspecified atom stereocenters. The average molecular weight is 291 g/mol. The number of carbonyl (C=O) groups is 1. The maximum Gasteiger partial charge on any atom is 0.287 e. The summed E-state index contributed by atoms with van der Waals surface area (Å²) in [5, 5.41) is 12.3. The Balaban J connectivity index is 1.82. The van der Waals surface area contributed by atoms with E-state index in [1.165, 1.54) is 0 Å². The van der Waals surface area contributed by atoms with Crippen LogP contribution < -0.4 is 5.32 Å². The van der Waals surface area contributed by atoms with Gasteiger partial charge < -0.3 is 19.6 Å². The zero-order chi connectivity index (χ0) is 15.3. The van der Waals surface area contributed by atoms with Crippen molar-refractivity contribution in [3.05, 3.63) is 23.7 Å². The molecule has 1 saturated heterocycles. The molecule has 1 fully saturated rings. The Morgan fingerprint density at radius 1 is 1.52 bits per heavy atom. The summed E-state index contributed by atoms with van der Waals surface area (Å²) >= 11 is 0. The molecule has 114 valence electrons. The van der Waals surface area contributed by atoms with Crippen LogP contribution >= 0.6 is 0 Å². The van der Waals surface area contributed by atoms with Crippen LogP contribution in [0.4, 0.5) is 0 Å². The van der Waals surface area contributed by atoms with Crippen molar-refractivity contribution in [1.29, 1.82) is 0 Å². The van der Waals surface area contributed by atoms with Gasteiger partial charge in [-0.25, -0.2) is 0 Å². The van der Waals surface area contributed by atoms with E-state index in [0.717, 1.165) is 26.1 Å². The van der Waals surface area contributed by atoms with Gasteiger partial charge in [-0.2, -0.15) is 0 Å². The third-order valence-electron chi connectivity index (χ3n) is 3.18. The fourth-order valence-electron chi connectivity index (χ4n) is 2.03. The van der Waals surface area contributed by atoms with Crippen LogP contribution in [0.25, 0.3) is 0 Å². The molecule has 1 aliphatic heterocycles. The molecule has 1 aliphatic rings. The Kier molecular flexibility index (Phi) is 5.05. The molecule has 0 spiro atoms. The first kappa shape index (κ1) is 15.6. The fraction of sp³-hybridized carbons (Fsp3) is 0.562. The highest BCUT2D eigenvalue weighted by Gasteiger charge is 2.16. The van der Waals surface area contributed by atoms with Crippen LogP contribution in [0.15, 0.2) is 16.5 Å². The number of carbonyl (C=O) groups excluding carboxylic acids is 1. The third kappa shape index (κ3) is 5.25. The second-order valence-electron chi connectivity index (χ2n) is 5.75. The summed E-state index contributed by atoms with van der Waals surface area (Å²) in [6, 6.07) is 3.21. The monoisotopic (exact) mass is 291 g/mol. The van der Waals surface area contributed by atoms with Gasteiger partial charge in [0.1, 0.15) is 5.60 Å². The summed E-state index contributed by atoms with van der Waals surface area (Å²) in [5.41, 5.74) is -1.08. The van der Waals surface area contributed by atoms with Crippen molar-refractivity contribution in [2.45, 2.75) is 32.3 Å². The molecule has 0 saturated carbocycles. The summed E-state index contributed by atoms with van der Waals surface area (Å²) in [4.78, 5) is 11.9. The Morgan fingerprint density at radius 2 is 2.33 bits per heavy atom. The molecule has 0 aliphatic carbocycles. The van der Waals surface area contributed by atoms with E-state index in [4.69, 9.17) is 9.15 Å². The molecule has 2 N–H and O–H groups in total. The summed E-state index contributed by atoms with van der Waals surface area (Å²) in [5.74, 6) is 6.23. The molecule has 1 atom stereocenters. The normalized spacial score (nSPS) is 18.1. The van der Waals surface area contributed by atoms with Gasteiger partial charge in [-0.05, 0) is 50.7 Å². The van der Waals surface area contributed by atoms with Gasteiger partial charge in [0.15, 0.2) is 11.5 Å². The lowest BCUT2D eigenvalue weighted by Crippen LogP contribution is -2.25. The first-order valence-electron chi connectivity index (χ1n) is 7.15. The van der Waals surface area contributed by atoms with E-state index in [0.29, 0.717) is 18.2 Å². The third-order valence-corrected chi connectivity index (χ3v) is 3.18. The molecule has 2 heterocycles. The lowest BCUT2D eigenvalue weighted by Gasteiger charge is -2.07. The lowest BCUT2D eigenvalue weighted by atomic mass is 10.1. The van der Waals surface area contributed by atoms with Crippen LogP contribution in [0.5, 0.6) is 0 Å². The molecular formula is C16H21NO4. The van der Waals surface area contributed by atoms with Crippen LogP contribution in [0.3, 0.4) is 0 Å². The molecule has 2 rings (SSSR count). The number of hydrogen-bond donors (Lipinski definition) is 2. The van der Waals surface area contributed by atoms with Crippen LogP contribution in [0, 0.1) is 17.8 Å². The molecule has 1 aromatic heterocycles. The molecule has 0 aromatic carbocycles. The predicted molar refractivity (Wildman–Crippen MR) is 77.8 cm³/mol. The van der Waals surface area contributed by atoms with Gasteiger partial charge in [-0.3, -0.25) is 4.79 Å². The summed E-state index contributed by atoms with van der Waals surface area (Å²) < 4.78 is 10.6. The quantitative estimate of drug-likeness (QED) is 0.826. The van der Waals surface area contributed by atoms with E-state index in [9.17, 15) is 9.90 Å². The zero-order valence-corrected chi connectivity index (χ0v) is 12.4. The number of ether oxygens (including phenoxy) is 1. The Labute approximate surface area is 124 Å². The van der Waals surface area contributed by atoms with E-state index in [1.807, 2.05) is 0 Å². The number of amides is 1. The van der Waals surface area contributed by atoms with Gasteiger partial charge in [0.05, 0.1) is 0 Å². The van der Waals surface area contributed by atoms with Crippen LogP contribution in [0.2, 0.25) is 0 Å². The van der Waals surface area contributed by atoms with Crippen LogP contribution in [-0.4, -0.2) is 36.4 Å². The van der Waals surface area contributed by atoms with Crippen molar-refractivity contribution < 1.29 is 19.1 Å². The smallest absolute Gasteiger partial charge is 0.287 e. The minimum Gasteiger partial charge on any atom is -0.443 e. The van der Waals surface area contributed by atoms with E-state index in [2.05, 4.69) is 17.2 Å². The molecular weight excluding hydrogens is 270 g/mol. The first-order chi connectivity index (χ1) is 9.94. The van der Waals surface area contributed by atoms with Gasteiger partial charge in [0.25, 0.3) is 5.91 Å². The fourth-order valence-corrected chi connectivity index (χ4v) is 2.03. The average Bonchev–Trinajstić information content (AvgIpc) is 3.06. The standard InChI is InChI=1S/C16H21NO4/c1-16(2,19)8-5-13-3-4-14(21-13)15(18)17-9-6-12-7-10-20-11-12/h3-4,12,19H,6-7,9-11H2,1-2H3,(H,17,18).